The molecule has 2 amide bonds. The van der Waals surface area contributed by atoms with E-state index in [0.29, 0.717) is 6.54 Å². The largest absolute Gasteiger partial charge is 0.480 e. The monoisotopic (exact) mass is 278 g/mol. The van der Waals surface area contributed by atoms with Crippen LogP contribution in [0.25, 0.3) is 0 Å². The average Bonchev–Trinajstić information content (AvgIpc) is 2.42. The summed E-state index contributed by atoms with van der Waals surface area (Å²) in [6, 6.07) is 6.51. The van der Waals surface area contributed by atoms with Crippen LogP contribution in [0.1, 0.15) is 31.9 Å². The first-order valence-electron chi connectivity index (χ1n) is 6.79. The average molecular weight is 278 g/mol. The molecule has 0 aliphatic rings. The third-order valence-electron chi connectivity index (χ3n) is 3.16. The highest BCUT2D eigenvalue weighted by Crippen LogP contribution is 2.09. The van der Waals surface area contributed by atoms with Crippen LogP contribution in [-0.2, 0) is 17.8 Å². The Balaban J connectivity index is 2.57. The summed E-state index contributed by atoms with van der Waals surface area (Å²) < 4.78 is 0. The maximum absolute atomic E-state index is 11.7. The SMILES string of the molecule is CCc1ccccc1CNC(=O)NC(C(=O)O)C(C)C. The molecule has 5 nitrogen and oxygen atoms in total. The minimum Gasteiger partial charge on any atom is -0.480 e. The number of aliphatic carboxylic acids is 1. The molecule has 0 aromatic heterocycles. The van der Waals surface area contributed by atoms with Gasteiger partial charge in [0.05, 0.1) is 0 Å². The number of carbonyl (C=O) groups excluding carboxylic acids is 1. The van der Waals surface area contributed by atoms with Crippen LogP contribution in [0.4, 0.5) is 4.79 Å². The summed E-state index contributed by atoms with van der Waals surface area (Å²) in [5.74, 6) is -1.19. The second-order valence-corrected chi connectivity index (χ2v) is 5.01. The molecule has 5 heteroatoms. The van der Waals surface area contributed by atoms with Crippen LogP contribution in [0.2, 0.25) is 0 Å². The van der Waals surface area contributed by atoms with Gasteiger partial charge in [-0.25, -0.2) is 9.59 Å². The van der Waals surface area contributed by atoms with E-state index in [0.717, 1.165) is 12.0 Å². The number of hydrogen-bond acceptors (Lipinski definition) is 2. The molecule has 0 radical (unpaired) electrons. The third-order valence-corrected chi connectivity index (χ3v) is 3.16. The van der Waals surface area contributed by atoms with E-state index in [-0.39, 0.29) is 5.92 Å². The zero-order valence-corrected chi connectivity index (χ0v) is 12.1. The summed E-state index contributed by atoms with van der Waals surface area (Å²) in [7, 11) is 0. The second kappa shape index (κ2) is 7.53. The Hall–Kier alpha value is -2.04. The summed E-state index contributed by atoms with van der Waals surface area (Å²) in [6.45, 7) is 5.95. The van der Waals surface area contributed by atoms with Gasteiger partial charge in [0, 0.05) is 6.54 Å². The molecular weight excluding hydrogens is 256 g/mol. The van der Waals surface area contributed by atoms with Gasteiger partial charge in [-0.15, -0.1) is 0 Å². The molecule has 1 aromatic carbocycles. The minimum absolute atomic E-state index is 0.166. The number of carbonyl (C=O) groups is 2. The Morgan fingerprint density at radius 3 is 2.30 bits per heavy atom. The van der Waals surface area contributed by atoms with Gasteiger partial charge in [0.1, 0.15) is 6.04 Å². The molecule has 0 aliphatic heterocycles. The summed E-state index contributed by atoms with van der Waals surface area (Å²) >= 11 is 0. The minimum atomic E-state index is -1.02. The van der Waals surface area contributed by atoms with E-state index in [4.69, 9.17) is 5.11 Å². The maximum Gasteiger partial charge on any atom is 0.326 e. The number of carboxylic acids is 1. The molecule has 1 unspecified atom stereocenters. The van der Waals surface area contributed by atoms with Gasteiger partial charge < -0.3 is 15.7 Å². The van der Waals surface area contributed by atoms with Gasteiger partial charge in [-0.05, 0) is 23.5 Å². The highest BCUT2D eigenvalue weighted by Gasteiger charge is 2.23. The number of rotatable bonds is 6. The van der Waals surface area contributed by atoms with Gasteiger partial charge in [0.15, 0.2) is 0 Å². The molecular formula is C15H22N2O3. The summed E-state index contributed by atoms with van der Waals surface area (Å²) in [6.07, 6.45) is 0.892. The second-order valence-electron chi connectivity index (χ2n) is 5.01. The van der Waals surface area contributed by atoms with E-state index in [9.17, 15) is 9.59 Å². The number of carboxylic acid groups (broad SMARTS) is 1. The van der Waals surface area contributed by atoms with Crippen molar-refractivity contribution in [2.24, 2.45) is 5.92 Å². The van der Waals surface area contributed by atoms with Crippen molar-refractivity contribution < 1.29 is 14.7 Å². The van der Waals surface area contributed by atoms with Gasteiger partial charge in [-0.3, -0.25) is 0 Å². The molecule has 0 fully saturated rings. The van der Waals surface area contributed by atoms with Gasteiger partial charge in [0.25, 0.3) is 0 Å². The van der Waals surface area contributed by atoms with Crippen LogP contribution in [0, 0.1) is 5.92 Å². The molecule has 20 heavy (non-hydrogen) atoms. The van der Waals surface area contributed by atoms with Crippen LogP contribution in [0.5, 0.6) is 0 Å². The van der Waals surface area contributed by atoms with Gasteiger partial charge in [0.2, 0.25) is 0 Å². The van der Waals surface area contributed by atoms with E-state index in [2.05, 4.69) is 17.6 Å². The van der Waals surface area contributed by atoms with Crippen molar-refractivity contribution in [2.45, 2.75) is 39.8 Å². The van der Waals surface area contributed by atoms with E-state index < -0.39 is 18.0 Å². The molecule has 0 heterocycles. The molecule has 0 saturated carbocycles. The lowest BCUT2D eigenvalue weighted by molar-refractivity contribution is -0.140. The standard InChI is InChI=1S/C15H22N2O3/c1-4-11-7-5-6-8-12(11)9-16-15(20)17-13(10(2)3)14(18)19/h5-8,10,13H,4,9H2,1-3H3,(H,18,19)(H2,16,17,20). The van der Waals surface area contributed by atoms with Crippen molar-refractivity contribution in [3.8, 4) is 0 Å². The van der Waals surface area contributed by atoms with Crippen molar-refractivity contribution in [3.63, 3.8) is 0 Å². The number of hydrogen-bond donors (Lipinski definition) is 3. The van der Waals surface area contributed by atoms with Crippen LogP contribution in [0.3, 0.4) is 0 Å². The van der Waals surface area contributed by atoms with Crippen molar-refractivity contribution in [2.75, 3.05) is 0 Å². The fourth-order valence-electron chi connectivity index (χ4n) is 1.96. The van der Waals surface area contributed by atoms with Crippen LogP contribution >= 0.6 is 0 Å². The molecule has 1 aromatic rings. The number of urea groups is 1. The molecule has 0 aliphatic carbocycles. The molecule has 0 bridgehead atoms. The number of nitrogens with one attached hydrogen (secondary N) is 2. The van der Waals surface area contributed by atoms with E-state index >= 15 is 0 Å². The number of aryl methyl sites for hydroxylation is 1. The first-order valence-corrected chi connectivity index (χ1v) is 6.79. The molecule has 110 valence electrons. The highest BCUT2D eigenvalue weighted by atomic mass is 16.4. The van der Waals surface area contributed by atoms with Crippen LogP contribution < -0.4 is 10.6 Å². The lowest BCUT2D eigenvalue weighted by atomic mass is 10.0. The Kier molecular flexibility index (Phi) is 6.03. The first kappa shape index (κ1) is 16.0. The van der Waals surface area contributed by atoms with Crippen LogP contribution in [0.15, 0.2) is 24.3 Å². The quantitative estimate of drug-likeness (QED) is 0.746. The van der Waals surface area contributed by atoms with Gasteiger partial charge >= 0.3 is 12.0 Å². The normalized spacial score (nSPS) is 12.0. The summed E-state index contributed by atoms with van der Waals surface area (Å²) in [5, 5.41) is 14.2. The lowest BCUT2D eigenvalue weighted by Gasteiger charge is -2.18. The third kappa shape index (κ3) is 4.57. The van der Waals surface area contributed by atoms with Gasteiger partial charge in [-0.2, -0.15) is 0 Å². The topological polar surface area (TPSA) is 78.4 Å². The molecule has 1 rings (SSSR count). The predicted molar refractivity (Wildman–Crippen MR) is 77.5 cm³/mol. The van der Waals surface area contributed by atoms with Crippen molar-refractivity contribution in [1.29, 1.82) is 0 Å². The Morgan fingerprint density at radius 1 is 1.20 bits per heavy atom. The van der Waals surface area contributed by atoms with Crippen molar-refractivity contribution >= 4 is 12.0 Å². The Bertz CT molecular complexity index is 472. The lowest BCUT2D eigenvalue weighted by Crippen LogP contribution is -2.48. The number of benzene rings is 1. The van der Waals surface area contributed by atoms with E-state index in [1.54, 1.807) is 13.8 Å². The van der Waals surface area contributed by atoms with Gasteiger partial charge in [-0.1, -0.05) is 45.0 Å². The highest BCUT2D eigenvalue weighted by molar-refractivity contribution is 5.82. The fraction of sp³-hybridized carbons (Fsp3) is 0.467. The molecule has 3 N–H and O–H groups in total. The fourth-order valence-corrected chi connectivity index (χ4v) is 1.96. The van der Waals surface area contributed by atoms with E-state index in [1.807, 2.05) is 24.3 Å². The molecule has 0 saturated heterocycles. The van der Waals surface area contributed by atoms with Crippen LogP contribution in [-0.4, -0.2) is 23.1 Å². The zero-order valence-electron chi connectivity index (χ0n) is 12.1. The Labute approximate surface area is 119 Å². The van der Waals surface area contributed by atoms with Crippen molar-refractivity contribution in [1.82, 2.24) is 10.6 Å². The van der Waals surface area contributed by atoms with E-state index in [1.165, 1.54) is 5.56 Å². The zero-order chi connectivity index (χ0) is 15.1. The summed E-state index contributed by atoms with van der Waals surface area (Å²) in [5.41, 5.74) is 2.22. The predicted octanol–water partition coefficient (Wildman–Crippen LogP) is 2.16. The number of amides is 2. The Morgan fingerprint density at radius 2 is 1.80 bits per heavy atom. The first-order chi connectivity index (χ1) is 9.45. The maximum atomic E-state index is 11.7. The van der Waals surface area contributed by atoms with Crippen molar-refractivity contribution in [3.05, 3.63) is 35.4 Å². The molecule has 0 spiro atoms. The summed E-state index contributed by atoms with van der Waals surface area (Å²) in [4.78, 5) is 22.8. The smallest absolute Gasteiger partial charge is 0.326 e. The molecule has 1 atom stereocenters.